The zero-order valence-corrected chi connectivity index (χ0v) is 14.1. The monoisotopic (exact) mass is 380 g/mol. The summed E-state index contributed by atoms with van der Waals surface area (Å²) in [6.45, 7) is 0. The number of aromatic nitrogens is 3. The van der Waals surface area contributed by atoms with Crippen LogP contribution in [-0.2, 0) is 4.79 Å². The third-order valence-corrected chi connectivity index (χ3v) is 4.25. The van der Waals surface area contributed by atoms with Gasteiger partial charge in [-0.05, 0) is 24.3 Å². The number of methoxy groups -OCH3 is 1. The molecular formula is C14H13BrN4O2S. The van der Waals surface area contributed by atoms with Crippen molar-refractivity contribution in [3.8, 4) is 17.0 Å². The number of hydrogen-bond acceptors (Lipinski definition) is 5. The van der Waals surface area contributed by atoms with Crippen LogP contribution < -0.4 is 10.1 Å². The molecule has 0 spiro atoms. The number of halogens is 1. The predicted molar refractivity (Wildman–Crippen MR) is 89.9 cm³/mol. The molecular weight excluding hydrogens is 368 g/mol. The third-order valence-electron chi connectivity index (χ3n) is 3.04. The van der Waals surface area contributed by atoms with E-state index in [0.717, 1.165) is 22.0 Å². The molecule has 0 radical (unpaired) electrons. The standard InChI is InChI=1S/C14H13BrN4O2S/c1-21-10-4-2-9(3-5-10)11-8-22-14-17-13(18-19(11)14)16-12(20)6-7-15/h2-5,8H,6-7H2,1H3,(H,16,18,20). The molecule has 2 heterocycles. The number of fused-ring (bicyclic) bond motifs is 1. The van der Waals surface area contributed by atoms with E-state index in [1.54, 1.807) is 11.6 Å². The molecule has 0 saturated heterocycles. The van der Waals surface area contributed by atoms with Gasteiger partial charge >= 0.3 is 0 Å². The van der Waals surface area contributed by atoms with E-state index in [1.807, 2.05) is 29.6 Å². The molecule has 0 saturated carbocycles. The number of amides is 1. The highest BCUT2D eigenvalue weighted by Crippen LogP contribution is 2.27. The largest absolute Gasteiger partial charge is 0.497 e. The fourth-order valence-electron chi connectivity index (χ4n) is 1.97. The van der Waals surface area contributed by atoms with Crippen molar-refractivity contribution in [1.29, 1.82) is 0 Å². The number of benzene rings is 1. The van der Waals surface area contributed by atoms with Gasteiger partial charge in [0.05, 0.1) is 12.8 Å². The summed E-state index contributed by atoms with van der Waals surface area (Å²) in [5.41, 5.74) is 1.94. The second-order valence-corrected chi connectivity index (χ2v) is 6.10. The predicted octanol–water partition coefficient (Wildman–Crippen LogP) is 3.19. The van der Waals surface area contributed by atoms with Gasteiger partial charge in [-0.2, -0.15) is 4.98 Å². The summed E-state index contributed by atoms with van der Waals surface area (Å²) in [6.07, 6.45) is 0.387. The highest BCUT2D eigenvalue weighted by Gasteiger charge is 2.13. The molecule has 0 atom stereocenters. The number of carbonyl (C=O) groups is 1. The number of anilines is 1. The Bertz CT molecular complexity index is 797. The Morgan fingerprint density at radius 1 is 1.41 bits per heavy atom. The summed E-state index contributed by atoms with van der Waals surface area (Å²) >= 11 is 4.71. The summed E-state index contributed by atoms with van der Waals surface area (Å²) in [5.74, 6) is 1.02. The normalized spacial score (nSPS) is 10.8. The highest BCUT2D eigenvalue weighted by molar-refractivity contribution is 9.09. The van der Waals surface area contributed by atoms with Crippen LogP contribution in [0, 0.1) is 0 Å². The summed E-state index contributed by atoms with van der Waals surface area (Å²) < 4.78 is 6.89. The molecule has 3 rings (SSSR count). The molecule has 0 aliphatic rings. The maximum absolute atomic E-state index is 11.6. The lowest BCUT2D eigenvalue weighted by molar-refractivity contribution is -0.115. The molecule has 0 fully saturated rings. The van der Waals surface area contributed by atoms with Gasteiger partial charge in [0.15, 0.2) is 0 Å². The fraction of sp³-hybridized carbons (Fsp3) is 0.214. The summed E-state index contributed by atoms with van der Waals surface area (Å²) in [7, 11) is 1.64. The first-order valence-corrected chi connectivity index (χ1v) is 8.56. The topological polar surface area (TPSA) is 68.5 Å². The first-order chi connectivity index (χ1) is 10.7. The third kappa shape index (κ3) is 2.97. The van der Waals surface area contributed by atoms with Gasteiger partial charge < -0.3 is 4.74 Å². The van der Waals surface area contributed by atoms with Crippen molar-refractivity contribution in [2.24, 2.45) is 0 Å². The quantitative estimate of drug-likeness (QED) is 0.690. The Morgan fingerprint density at radius 2 is 2.18 bits per heavy atom. The molecule has 6 nitrogen and oxygen atoms in total. The van der Waals surface area contributed by atoms with E-state index in [-0.39, 0.29) is 5.91 Å². The maximum atomic E-state index is 11.6. The Labute approximate surface area is 139 Å². The Hall–Kier alpha value is -1.93. The van der Waals surface area contributed by atoms with Gasteiger partial charge in [-0.25, -0.2) is 4.52 Å². The first kappa shape index (κ1) is 15.0. The van der Waals surface area contributed by atoms with Crippen molar-refractivity contribution in [1.82, 2.24) is 14.6 Å². The number of nitrogens with one attached hydrogen (secondary N) is 1. The van der Waals surface area contributed by atoms with Gasteiger partial charge in [-0.15, -0.1) is 16.4 Å². The van der Waals surface area contributed by atoms with Gasteiger partial charge in [0.25, 0.3) is 0 Å². The Morgan fingerprint density at radius 3 is 2.86 bits per heavy atom. The number of carbonyl (C=O) groups excluding carboxylic acids is 1. The van der Waals surface area contributed by atoms with Crippen molar-refractivity contribution in [2.45, 2.75) is 6.42 Å². The Kier molecular flexibility index (Phi) is 4.39. The number of alkyl halides is 1. The van der Waals surface area contributed by atoms with Crippen LogP contribution in [0.5, 0.6) is 5.75 Å². The van der Waals surface area contributed by atoms with Crippen LogP contribution in [-0.4, -0.2) is 32.9 Å². The molecule has 0 bridgehead atoms. The van der Waals surface area contributed by atoms with E-state index in [1.165, 1.54) is 11.3 Å². The molecule has 8 heteroatoms. The van der Waals surface area contributed by atoms with Gasteiger partial charge in [-0.1, -0.05) is 15.9 Å². The number of thiazole rings is 1. The van der Waals surface area contributed by atoms with Crippen LogP contribution in [0.25, 0.3) is 16.2 Å². The van der Waals surface area contributed by atoms with E-state index < -0.39 is 0 Å². The van der Waals surface area contributed by atoms with Gasteiger partial charge in [-0.3, -0.25) is 10.1 Å². The van der Waals surface area contributed by atoms with Crippen LogP contribution in [0.15, 0.2) is 29.6 Å². The second-order valence-electron chi connectivity index (χ2n) is 4.47. The lowest BCUT2D eigenvalue weighted by Gasteiger charge is -2.02. The molecule has 0 aliphatic carbocycles. The maximum Gasteiger partial charge on any atom is 0.250 e. The average Bonchev–Trinajstić information content (AvgIpc) is 3.07. The van der Waals surface area contributed by atoms with Crippen molar-refractivity contribution >= 4 is 44.1 Å². The summed E-state index contributed by atoms with van der Waals surface area (Å²) in [4.78, 5) is 16.6. The van der Waals surface area contributed by atoms with E-state index >= 15 is 0 Å². The molecule has 114 valence electrons. The van der Waals surface area contributed by atoms with E-state index in [2.05, 4.69) is 31.3 Å². The molecule has 3 aromatic rings. The molecule has 1 amide bonds. The van der Waals surface area contributed by atoms with Crippen LogP contribution in [0.4, 0.5) is 5.95 Å². The molecule has 1 aromatic carbocycles. The average molecular weight is 381 g/mol. The minimum atomic E-state index is -0.110. The van der Waals surface area contributed by atoms with E-state index in [0.29, 0.717) is 17.7 Å². The zero-order valence-electron chi connectivity index (χ0n) is 11.7. The van der Waals surface area contributed by atoms with E-state index in [9.17, 15) is 4.79 Å². The first-order valence-electron chi connectivity index (χ1n) is 6.56. The molecule has 0 aliphatic heterocycles. The van der Waals surface area contributed by atoms with Crippen LogP contribution in [0.2, 0.25) is 0 Å². The van der Waals surface area contributed by atoms with Crippen molar-refractivity contribution in [2.75, 3.05) is 17.8 Å². The zero-order chi connectivity index (χ0) is 15.5. The minimum absolute atomic E-state index is 0.110. The molecule has 0 unspecified atom stereocenters. The Balaban J connectivity index is 1.90. The molecule has 1 N–H and O–H groups in total. The SMILES string of the molecule is COc1ccc(-c2csc3nc(NC(=O)CCBr)nn23)cc1. The number of hydrogen-bond donors (Lipinski definition) is 1. The highest BCUT2D eigenvalue weighted by atomic mass is 79.9. The number of ether oxygens (including phenoxy) is 1. The van der Waals surface area contributed by atoms with Gasteiger partial charge in [0.2, 0.25) is 16.8 Å². The fourth-order valence-corrected chi connectivity index (χ4v) is 3.16. The van der Waals surface area contributed by atoms with Gasteiger partial charge in [0.1, 0.15) is 5.75 Å². The van der Waals surface area contributed by atoms with Crippen molar-refractivity contribution < 1.29 is 9.53 Å². The summed E-state index contributed by atoms with van der Waals surface area (Å²) in [5, 5.41) is 9.64. The summed E-state index contributed by atoms with van der Waals surface area (Å²) in [6, 6.07) is 7.72. The van der Waals surface area contributed by atoms with Crippen molar-refractivity contribution in [3.05, 3.63) is 29.6 Å². The van der Waals surface area contributed by atoms with Gasteiger partial charge in [0, 0.05) is 22.7 Å². The lowest BCUT2D eigenvalue weighted by atomic mass is 10.2. The van der Waals surface area contributed by atoms with Crippen LogP contribution >= 0.6 is 27.3 Å². The van der Waals surface area contributed by atoms with Crippen LogP contribution in [0.1, 0.15) is 6.42 Å². The number of nitrogens with zero attached hydrogens (tertiary/aromatic N) is 3. The second kappa shape index (κ2) is 6.45. The molecule has 22 heavy (non-hydrogen) atoms. The number of rotatable bonds is 5. The van der Waals surface area contributed by atoms with Crippen molar-refractivity contribution in [3.63, 3.8) is 0 Å². The lowest BCUT2D eigenvalue weighted by Crippen LogP contribution is -2.12. The van der Waals surface area contributed by atoms with Crippen LogP contribution in [0.3, 0.4) is 0 Å². The van der Waals surface area contributed by atoms with E-state index in [4.69, 9.17) is 4.74 Å². The molecule has 2 aromatic heterocycles. The smallest absolute Gasteiger partial charge is 0.250 e. The minimum Gasteiger partial charge on any atom is -0.497 e.